The van der Waals surface area contributed by atoms with E-state index in [2.05, 4.69) is 13.8 Å². The van der Waals surface area contributed by atoms with Gasteiger partial charge >= 0.3 is 59.7 Å². The van der Waals surface area contributed by atoms with Crippen LogP contribution in [0.15, 0.2) is 97.1 Å². The lowest BCUT2D eigenvalue weighted by Crippen LogP contribution is -2.30. The fourth-order valence-corrected chi connectivity index (χ4v) is 18.0. The second kappa shape index (κ2) is 62.4. The molecule has 0 N–H and O–H groups in total. The molecule has 0 aromatic heterocycles. The van der Waals surface area contributed by atoms with E-state index in [1.54, 1.807) is 97.1 Å². The van der Waals surface area contributed by atoms with Crippen LogP contribution in [-0.2, 0) is 66.8 Å². The first-order chi connectivity index (χ1) is 61.5. The highest BCUT2D eigenvalue weighted by Crippen LogP contribution is 2.45. The summed E-state index contributed by atoms with van der Waals surface area (Å²) in [6.45, 7) is 7.28. The van der Waals surface area contributed by atoms with Gasteiger partial charge < -0.3 is 56.8 Å². The highest BCUT2D eigenvalue weighted by Gasteiger charge is 2.36. The topological polar surface area (TPSA) is 281 Å². The summed E-state index contributed by atoms with van der Waals surface area (Å²) in [5, 5.41) is 0. The maximum atomic E-state index is 13.1. The van der Waals surface area contributed by atoms with Crippen molar-refractivity contribution in [3.8, 4) is 34.5 Å². The summed E-state index contributed by atoms with van der Waals surface area (Å²) in [6, 6.07) is 27.0. The number of hydrogen-bond donors (Lipinski definition) is 0. The van der Waals surface area contributed by atoms with E-state index in [4.69, 9.17) is 56.8 Å². The molecule has 0 saturated heterocycles. The van der Waals surface area contributed by atoms with Gasteiger partial charge in [0.25, 0.3) is 0 Å². The molecule has 698 valence electrons. The Labute approximate surface area is 751 Å². The van der Waals surface area contributed by atoms with Crippen LogP contribution in [0.1, 0.15) is 368 Å². The van der Waals surface area contributed by atoms with E-state index < -0.39 is 35.8 Å². The third kappa shape index (κ3) is 43.3. The van der Waals surface area contributed by atoms with Gasteiger partial charge in [0, 0.05) is 12.8 Å². The Morgan fingerprint density at radius 3 is 0.738 bits per heavy atom. The minimum absolute atomic E-state index is 0.0429. The zero-order valence-electron chi connectivity index (χ0n) is 76.3. The van der Waals surface area contributed by atoms with E-state index in [9.17, 15) is 47.9 Å². The average molecular weight is 1750 g/mol. The van der Waals surface area contributed by atoms with Crippen LogP contribution in [-0.4, -0.2) is 113 Å². The zero-order valence-corrected chi connectivity index (χ0v) is 76.3. The monoisotopic (exact) mass is 1750 g/mol. The molecule has 4 aromatic rings. The van der Waals surface area contributed by atoms with E-state index >= 15 is 0 Å². The molecule has 0 heterocycles. The Morgan fingerprint density at radius 2 is 0.460 bits per heavy atom. The molecule has 0 amide bonds. The maximum absolute atomic E-state index is 13.1. The first kappa shape index (κ1) is 103. The van der Waals surface area contributed by atoms with E-state index in [1.165, 1.54) is 103 Å². The normalized spacial score (nSPS) is 18.7. The van der Waals surface area contributed by atoms with Gasteiger partial charge in [0.15, 0.2) is 0 Å². The molecular formula is C104H150O22. The van der Waals surface area contributed by atoms with Gasteiger partial charge in [0.2, 0.25) is 0 Å². The number of unbranched alkanes of at least 4 members (excludes halogenated alkanes) is 21. The van der Waals surface area contributed by atoms with Crippen molar-refractivity contribution in [3.63, 3.8) is 0 Å². The standard InChI is InChI=1S/C104H150O22/c1-3-5-19-31-79-35-39-81(40-36-79)83-43-47-85(48-44-83)101(111)123-91-59-63-93(64-60-91)125-103(113)87-51-55-89(56-52-87)115-71-23-11-7-9-13-25-75-119-97(107)67-69-99(109)121-77-29-17-21-33-95(105)117-73-27-15-16-28-74-118-96(106)34-22-18-30-78-122-100(110)70-68-98(108)120-76-26-14-10-8-12-24-72-116-90-57-53-88(54-58-90)104(114)126-94-65-61-92(62-66-94)124-102(112)86-49-45-84(46-50-86)82-41-37-80(38-42-82)32-20-6-4-2/h51-66,79-86H,3-50,67-78H2,1-2H3. The second-order valence-electron chi connectivity index (χ2n) is 35.7. The lowest BCUT2D eigenvalue weighted by atomic mass is 9.68. The summed E-state index contributed by atoms with van der Waals surface area (Å²) < 4.78 is 66.4. The highest BCUT2D eigenvalue weighted by molar-refractivity contribution is 5.92. The minimum atomic E-state index is -0.496. The van der Waals surface area contributed by atoms with Crippen LogP contribution in [0.4, 0.5) is 0 Å². The van der Waals surface area contributed by atoms with Gasteiger partial charge in [-0.05, 0) is 300 Å². The van der Waals surface area contributed by atoms with Crippen molar-refractivity contribution < 1.29 is 105 Å². The molecule has 4 fully saturated rings. The molecule has 0 unspecified atom stereocenters. The van der Waals surface area contributed by atoms with Crippen molar-refractivity contribution in [2.24, 2.45) is 47.3 Å². The maximum Gasteiger partial charge on any atom is 0.343 e. The van der Waals surface area contributed by atoms with E-state index in [0.29, 0.717) is 137 Å². The summed E-state index contributed by atoms with van der Waals surface area (Å²) >= 11 is 0. The van der Waals surface area contributed by atoms with Crippen LogP contribution in [0.5, 0.6) is 34.5 Å². The predicted octanol–water partition coefficient (Wildman–Crippen LogP) is 24.0. The van der Waals surface area contributed by atoms with E-state index in [1.807, 2.05) is 0 Å². The Kier molecular flexibility index (Phi) is 50.8. The molecule has 126 heavy (non-hydrogen) atoms. The lowest BCUT2D eigenvalue weighted by molar-refractivity contribution is -0.150. The van der Waals surface area contributed by atoms with E-state index in [0.717, 1.165) is 177 Å². The average Bonchev–Trinajstić information content (AvgIpc) is 0.840. The van der Waals surface area contributed by atoms with Crippen molar-refractivity contribution in [1.82, 2.24) is 0 Å². The molecule has 0 atom stereocenters. The second-order valence-corrected chi connectivity index (χ2v) is 35.7. The molecule has 0 radical (unpaired) electrons. The molecule has 0 spiro atoms. The minimum Gasteiger partial charge on any atom is -0.494 e. The highest BCUT2D eigenvalue weighted by atomic mass is 16.6. The first-order valence-corrected chi connectivity index (χ1v) is 49.0. The van der Waals surface area contributed by atoms with Crippen molar-refractivity contribution in [2.75, 3.05) is 52.9 Å². The SMILES string of the molecule is CCCCCC1CCC(C2CCC(C(=O)Oc3ccc(OC(=O)c4ccc(OCCCCCCCCOC(=O)CCC(=O)OCCCCCC(=O)OCCCCCCOC(=O)CCCCCOC(=O)CCC(=O)OCCCCCCCCOc5ccc(C(=O)Oc6ccc(OC(=O)C7CCC(C8CCC(CCCCC)CC8)CC7)cc6)cc5)cc4)cc3)CC2)CC1. The molecule has 4 aliphatic carbocycles. The lowest BCUT2D eigenvalue weighted by Gasteiger charge is -2.37. The van der Waals surface area contributed by atoms with Gasteiger partial charge in [-0.25, -0.2) is 9.59 Å². The van der Waals surface area contributed by atoms with Gasteiger partial charge in [-0.15, -0.1) is 0 Å². The van der Waals surface area contributed by atoms with Crippen molar-refractivity contribution in [1.29, 1.82) is 0 Å². The fourth-order valence-electron chi connectivity index (χ4n) is 18.0. The summed E-state index contributed by atoms with van der Waals surface area (Å²) in [5.74, 6) is 4.06. The van der Waals surface area contributed by atoms with Crippen molar-refractivity contribution >= 4 is 59.7 Å². The van der Waals surface area contributed by atoms with Crippen LogP contribution < -0.4 is 28.4 Å². The number of rotatable bonds is 63. The summed E-state index contributed by atoms with van der Waals surface area (Å²) in [5.41, 5.74) is 0.782. The molecule has 22 heteroatoms. The Morgan fingerprint density at radius 1 is 0.230 bits per heavy atom. The van der Waals surface area contributed by atoms with Gasteiger partial charge in [-0.1, -0.05) is 142 Å². The number of carbonyl (C=O) groups excluding carboxylic acids is 10. The quantitative estimate of drug-likeness (QED) is 0.0172. The number of esters is 10. The number of hydrogen-bond acceptors (Lipinski definition) is 22. The molecule has 4 aromatic carbocycles. The molecule has 8 rings (SSSR count). The largest absolute Gasteiger partial charge is 0.494 e. The van der Waals surface area contributed by atoms with Crippen LogP contribution in [0.25, 0.3) is 0 Å². The Hall–Kier alpha value is -8.82. The fraction of sp³-hybridized carbons (Fsp3) is 0.673. The Bertz CT molecular complexity index is 3490. The molecule has 22 nitrogen and oxygen atoms in total. The third-order valence-electron chi connectivity index (χ3n) is 25.8. The van der Waals surface area contributed by atoms with Crippen molar-refractivity contribution in [2.45, 2.75) is 348 Å². The molecular weight excluding hydrogens is 1600 g/mol. The van der Waals surface area contributed by atoms with Crippen molar-refractivity contribution in [3.05, 3.63) is 108 Å². The zero-order chi connectivity index (χ0) is 89.2. The Balaban J connectivity index is 0.492. The van der Waals surface area contributed by atoms with Crippen LogP contribution in [0.3, 0.4) is 0 Å². The summed E-state index contributed by atoms with van der Waals surface area (Å²) in [7, 11) is 0. The van der Waals surface area contributed by atoms with Gasteiger partial charge in [0.1, 0.15) is 34.5 Å². The van der Waals surface area contributed by atoms with E-state index in [-0.39, 0.29) is 87.5 Å². The van der Waals surface area contributed by atoms with Crippen LogP contribution in [0, 0.1) is 47.3 Å². The van der Waals surface area contributed by atoms with Gasteiger partial charge in [-0.2, -0.15) is 0 Å². The molecule has 0 bridgehead atoms. The number of benzene rings is 4. The van der Waals surface area contributed by atoms with Gasteiger partial charge in [-0.3, -0.25) is 38.4 Å². The summed E-state index contributed by atoms with van der Waals surface area (Å²) in [6.07, 6.45) is 47.9. The smallest absolute Gasteiger partial charge is 0.343 e. The predicted molar refractivity (Wildman–Crippen MR) is 483 cm³/mol. The molecule has 4 aliphatic rings. The summed E-state index contributed by atoms with van der Waals surface area (Å²) in [4.78, 5) is 125. The first-order valence-electron chi connectivity index (χ1n) is 49.0. The molecule has 0 aliphatic heterocycles. The van der Waals surface area contributed by atoms with Crippen LogP contribution in [0.2, 0.25) is 0 Å². The number of carbonyl (C=O) groups is 10. The third-order valence-corrected chi connectivity index (χ3v) is 25.8. The number of ether oxygens (including phenoxy) is 12. The van der Waals surface area contributed by atoms with Gasteiger partial charge in [0.05, 0.1) is 102 Å². The van der Waals surface area contributed by atoms with Crippen LogP contribution >= 0.6 is 0 Å². The molecule has 4 saturated carbocycles.